The van der Waals surface area contributed by atoms with Gasteiger partial charge in [0.05, 0.1) is 21.2 Å². The molecule has 12 nitrogen and oxygen atoms in total. The first-order chi connectivity index (χ1) is 16.9. The molecule has 14 heteroatoms. The van der Waals surface area contributed by atoms with Crippen molar-refractivity contribution in [1.29, 1.82) is 0 Å². The van der Waals surface area contributed by atoms with Crippen LogP contribution in [0.5, 0.6) is 0 Å². The third kappa shape index (κ3) is 5.21. The number of nitrogens with zero attached hydrogens (tertiary/aromatic N) is 2. The summed E-state index contributed by atoms with van der Waals surface area (Å²) in [6.45, 7) is 0. The Labute approximate surface area is 203 Å². The molecular weight excluding hydrogens is 512 g/mol. The zero-order chi connectivity index (χ0) is 26.1. The van der Waals surface area contributed by atoms with Gasteiger partial charge in [0.1, 0.15) is 10.7 Å². The lowest BCUT2D eigenvalue weighted by atomic mass is 10.1. The first-order valence-electron chi connectivity index (χ1n) is 9.96. The molecule has 0 aliphatic carbocycles. The quantitative estimate of drug-likeness (QED) is 0.158. The van der Waals surface area contributed by atoms with Gasteiger partial charge < -0.3 is 0 Å². The summed E-state index contributed by atoms with van der Waals surface area (Å²) in [5, 5.41) is 8.31. The maximum absolute atomic E-state index is 12.8. The maximum Gasteiger partial charge on any atom is 0.294 e. The van der Waals surface area contributed by atoms with Gasteiger partial charge in [-0.25, -0.2) is 0 Å². The second-order valence-electron chi connectivity index (χ2n) is 7.35. The van der Waals surface area contributed by atoms with E-state index in [1.807, 2.05) is 0 Å². The highest BCUT2D eigenvalue weighted by atomic mass is 32.2. The number of fused-ring (bicyclic) bond motifs is 1. The molecule has 0 saturated carbocycles. The third-order valence-corrected chi connectivity index (χ3v) is 6.71. The van der Waals surface area contributed by atoms with Gasteiger partial charge in [-0.15, -0.1) is 0 Å². The maximum atomic E-state index is 12.8. The molecule has 4 aromatic carbocycles. The number of hydrogen-bond donors (Lipinski definition) is 4. The number of nitrogens with one attached hydrogen (secondary N) is 2. The molecule has 184 valence electrons. The fraction of sp³-hybridized carbons (Fsp3) is 0. The van der Waals surface area contributed by atoms with E-state index < -0.39 is 31.1 Å². The molecule has 36 heavy (non-hydrogen) atoms. The summed E-state index contributed by atoms with van der Waals surface area (Å²) >= 11 is 0. The molecule has 0 spiro atoms. The van der Waals surface area contributed by atoms with Crippen LogP contribution in [0.25, 0.3) is 10.8 Å². The fourth-order valence-corrected chi connectivity index (χ4v) is 4.18. The molecule has 0 aliphatic heterocycles. The fourth-order valence-electron chi connectivity index (χ4n) is 3.22. The monoisotopic (exact) mass is 528 g/mol. The third-order valence-electron chi connectivity index (χ3n) is 4.97. The number of hydrogen-bond acceptors (Lipinski definition) is 10. The highest BCUT2D eigenvalue weighted by Gasteiger charge is 2.12. The molecule has 0 aromatic heterocycles. The lowest BCUT2D eigenvalue weighted by Crippen LogP contribution is -2.48. The van der Waals surface area contributed by atoms with E-state index in [1.54, 1.807) is 24.3 Å². The summed E-state index contributed by atoms with van der Waals surface area (Å²) in [4.78, 5) is 25.0. The summed E-state index contributed by atoms with van der Waals surface area (Å²) in [5.74, 6) is 0. The molecule has 4 N–H and O–H groups in total. The van der Waals surface area contributed by atoms with E-state index in [0.717, 1.165) is 24.3 Å². The lowest BCUT2D eigenvalue weighted by Gasteiger charge is -2.04. The Balaban J connectivity index is 1.76. The average Bonchev–Trinajstić information content (AvgIpc) is 2.83. The van der Waals surface area contributed by atoms with Gasteiger partial charge in [-0.1, -0.05) is 24.3 Å². The molecule has 0 amide bonds. The molecule has 0 fully saturated rings. The zero-order valence-electron chi connectivity index (χ0n) is 18.0. The standard InChI is InChI=1S/C22H16N4O8S2/c27-21-19(25-23-13-5-9-15(10-6-13)35(29,30)31)17-3-1-2-4-18(17)20(22(21)28)26-24-14-7-11-16(12-8-14)36(32,33)34/h1-12,23-24H,(H,29,30,31)(H,32,33,34)/b25-19-,26-20+. The molecule has 0 bridgehead atoms. The summed E-state index contributed by atoms with van der Waals surface area (Å²) in [7, 11) is -8.74. The van der Waals surface area contributed by atoms with Crippen molar-refractivity contribution >= 4 is 42.4 Å². The minimum Gasteiger partial charge on any atom is -0.283 e. The molecule has 0 unspecified atom stereocenters. The van der Waals surface area contributed by atoms with Gasteiger partial charge in [-0.2, -0.15) is 27.0 Å². The topological polar surface area (TPSA) is 192 Å². The van der Waals surface area contributed by atoms with Crippen molar-refractivity contribution in [3.63, 3.8) is 0 Å². The molecule has 0 aliphatic rings. The van der Waals surface area contributed by atoms with Crippen LogP contribution in [0.4, 0.5) is 11.4 Å². The second-order valence-corrected chi connectivity index (χ2v) is 10.2. The minimum atomic E-state index is -4.37. The Hall–Kier alpha value is -4.24. The van der Waals surface area contributed by atoms with Gasteiger partial charge in [0, 0.05) is 10.8 Å². The van der Waals surface area contributed by atoms with Crippen molar-refractivity contribution in [2.75, 3.05) is 10.9 Å². The summed E-state index contributed by atoms with van der Waals surface area (Å²) in [5.41, 5.74) is 3.87. The van der Waals surface area contributed by atoms with E-state index in [2.05, 4.69) is 21.1 Å². The van der Waals surface area contributed by atoms with Crippen LogP contribution in [0, 0.1) is 0 Å². The summed E-state index contributed by atoms with van der Waals surface area (Å²) < 4.78 is 62.8. The second kappa shape index (κ2) is 9.43. The van der Waals surface area contributed by atoms with Crippen LogP contribution in [0.1, 0.15) is 0 Å². The number of benzene rings is 4. The van der Waals surface area contributed by atoms with Crippen LogP contribution in [0.15, 0.2) is 102 Å². The van der Waals surface area contributed by atoms with Crippen molar-refractivity contribution in [3.8, 4) is 0 Å². The van der Waals surface area contributed by atoms with E-state index in [9.17, 15) is 26.4 Å². The normalized spacial score (nSPS) is 13.2. The van der Waals surface area contributed by atoms with Crippen molar-refractivity contribution in [3.05, 3.63) is 104 Å². The van der Waals surface area contributed by atoms with E-state index in [4.69, 9.17) is 9.11 Å². The first-order valence-corrected chi connectivity index (χ1v) is 12.8. The van der Waals surface area contributed by atoms with Crippen LogP contribution < -0.4 is 32.4 Å². The van der Waals surface area contributed by atoms with Crippen LogP contribution in [-0.4, -0.2) is 25.9 Å². The number of anilines is 2. The molecule has 4 rings (SSSR count). The largest absolute Gasteiger partial charge is 0.294 e. The SMILES string of the molecule is O=c1c(=O)/c(=N/Nc2ccc(S(=O)(=O)O)cc2)c2ccccc2/c1=N/Nc1ccc(S(=O)(=O)O)cc1. The Morgan fingerprint density at radius 1 is 0.556 bits per heavy atom. The average molecular weight is 529 g/mol. The van der Waals surface area contributed by atoms with E-state index >= 15 is 0 Å². The molecule has 4 aromatic rings. The highest BCUT2D eigenvalue weighted by molar-refractivity contribution is 7.86. The number of rotatable bonds is 6. The highest BCUT2D eigenvalue weighted by Crippen LogP contribution is 2.14. The van der Waals surface area contributed by atoms with Crippen LogP contribution in [0.2, 0.25) is 0 Å². The van der Waals surface area contributed by atoms with Gasteiger partial charge in [-0.05, 0) is 48.5 Å². The Morgan fingerprint density at radius 3 is 1.19 bits per heavy atom. The molecule has 0 atom stereocenters. The predicted octanol–water partition coefficient (Wildman–Crippen LogP) is 0.785. The van der Waals surface area contributed by atoms with Gasteiger partial charge in [0.25, 0.3) is 31.1 Å². The van der Waals surface area contributed by atoms with Crippen LogP contribution >= 0.6 is 0 Å². The lowest BCUT2D eigenvalue weighted by molar-refractivity contribution is 0.481. The Bertz CT molecular complexity index is 1770. The van der Waals surface area contributed by atoms with Gasteiger partial charge >= 0.3 is 0 Å². The molecule has 0 heterocycles. The van der Waals surface area contributed by atoms with E-state index in [0.29, 0.717) is 22.1 Å². The molecule has 0 radical (unpaired) electrons. The smallest absolute Gasteiger partial charge is 0.283 e. The first kappa shape index (κ1) is 24.9. The Morgan fingerprint density at radius 2 is 0.889 bits per heavy atom. The van der Waals surface area contributed by atoms with Crippen molar-refractivity contribution in [2.24, 2.45) is 10.2 Å². The van der Waals surface area contributed by atoms with Crippen molar-refractivity contribution < 1.29 is 25.9 Å². The predicted molar refractivity (Wildman–Crippen MR) is 130 cm³/mol. The van der Waals surface area contributed by atoms with Gasteiger partial charge in [-0.3, -0.25) is 29.5 Å². The van der Waals surface area contributed by atoms with E-state index in [1.165, 1.54) is 24.3 Å². The van der Waals surface area contributed by atoms with Crippen molar-refractivity contribution in [1.82, 2.24) is 0 Å². The zero-order valence-corrected chi connectivity index (χ0v) is 19.6. The molecular formula is C22H16N4O8S2. The summed E-state index contributed by atoms with van der Waals surface area (Å²) in [6, 6.07) is 16.2. The summed E-state index contributed by atoms with van der Waals surface area (Å²) in [6.07, 6.45) is 0. The van der Waals surface area contributed by atoms with Crippen LogP contribution in [-0.2, 0) is 20.2 Å². The molecule has 0 saturated heterocycles. The van der Waals surface area contributed by atoms with Crippen LogP contribution in [0.3, 0.4) is 0 Å². The Kier molecular flexibility index (Phi) is 6.51. The minimum absolute atomic E-state index is 0.189. The van der Waals surface area contributed by atoms with Crippen molar-refractivity contribution in [2.45, 2.75) is 9.79 Å². The van der Waals surface area contributed by atoms with Gasteiger partial charge in [0.2, 0.25) is 0 Å². The van der Waals surface area contributed by atoms with Gasteiger partial charge in [0.15, 0.2) is 0 Å². The van der Waals surface area contributed by atoms with E-state index in [-0.39, 0.29) is 20.5 Å².